The van der Waals surface area contributed by atoms with E-state index in [1.54, 1.807) is 31.6 Å². The largest absolute Gasteiger partial charge is 0.497 e. The van der Waals surface area contributed by atoms with Crippen LogP contribution < -0.4 is 10.1 Å². The Morgan fingerprint density at radius 3 is 2.68 bits per heavy atom. The summed E-state index contributed by atoms with van der Waals surface area (Å²) in [4.78, 5) is 18.9. The van der Waals surface area contributed by atoms with E-state index >= 15 is 0 Å². The number of nitrogens with one attached hydrogen (secondary N) is 1. The van der Waals surface area contributed by atoms with Crippen molar-refractivity contribution in [2.24, 2.45) is 0 Å². The van der Waals surface area contributed by atoms with Crippen molar-refractivity contribution in [1.29, 1.82) is 0 Å². The Morgan fingerprint density at radius 1 is 1.24 bits per heavy atom. The molecule has 1 amide bonds. The average Bonchev–Trinajstić information content (AvgIpc) is 3.05. The highest BCUT2D eigenvalue weighted by atomic mass is 16.5. The van der Waals surface area contributed by atoms with Crippen LogP contribution in [-0.2, 0) is 0 Å². The molecular formula is C19H19N3O3. The fraction of sp³-hybridized carbons (Fsp3) is 0.158. The predicted molar refractivity (Wildman–Crippen MR) is 96.3 cm³/mol. The summed E-state index contributed by atoms with van der Waals surface area (Å²) >= 11 is 0. The number of hydrogen-bond acceptors (Lipinski definition) is 5. The van der Waals surface area contributed by atoms with E-state index in [-0.39, 0.29) is 5.91 Å². The van der Waals surface area contributed by atoms with E-state index in [1.165, 1.54) is 0 Å². The third-order valence-electron chi connectivity index (χ3n) is 3.56. The molecule has 0 fully saturated rings. The molecule has 3 rings (SSSR count). The van der Waals surface area contributed by atoms with E-state index in [9.17, 15) is 4.79 Å². The Hall–Kier alpha value is -3.28. The number of ether oxygens (including phenoxy) is 1. The lowest BCUT2D eigenvalue weighted by Crippen LogP contribution is -2.18. The first-order chi connectivity index (χ1) is 12.1. The third kappa shape index (κ3) is 3.63. The number of oxazole rings is 1. The van der Waals surface area contributed by atoms with Gasteiger partial charge < -0.3 is 19.4 Å². The molecule has 0 saturated heterocycles. The molecule has 0 aliphatic rings. The quantitative estimate of drug-likeness (QED) is 0.774. The van der Waals surface area contributed by atoms with Crippen molar-refractivity contribution >= 4 is 17.0 Å². The first-order valence-corrected chi connectivity index (χ1v) is 7.76. The Labute approximate surface area is 145 Å². The van der Waals surface area contributed by atoms with Gasteiger partial charge in [-0.15, -0.1) is 0 Å². The van der Waals surface area contributed by atoms with Crippen molar-refractivity contribution in [1.82, 2.24) is 15.2 Å². The number of carbonyl (C=O) groups excluding carboxylic acids is 1. The second-order valence-electron chi connectivity index (χ2n) is 5.66. The maximum Gasteiger partial charge on any atom is 0.257 e. The van der Waals surface area contributed by atoms with Gasteiger partial charge in [-0.25, -0.2) is 4.98 Å². The van der Waals surface area contributed by atoms with Gasteiger partial charge in [0.2, 0.25) is 5.89 Å². The zero-order valence-electron chi connectivity index (χ0n) is 14.3. The number of carbonyl (C=O) groups is 1. The SMILES string of the molecule is COc1cc(C(=O)NC=CN(C)C)c2nc(-c3ccccc3)oc2c1. The van der Waals surface area contributed by atoms with Crippen LogP contribution in [0.25, 0.3) is 22.6 Å². The first-order valence-electron chi connectivity index (χ1n) is 7.76. The molecular weight excluding hydrogens is 318 g/mol. The summed E-state index contributed by atoms with van der Waals surface area (Å²) in [5, 5.41) is 2.72. The summed E-state index contributed by atoms with van der Waals surface area (Å²) in [6.07, 6.45) is 3.32. The highest BCUT2D eigenvalue weighted by molar-refractivity contribution is 6.05. The van der Waals surface area contributed by atoms with Crippen LogP contribution in [-0.4, -0.2) is 37.0 Å². The number of amides is 1. The fourth-order valence-corrected chi connectivity index (χ4v) is 2.34. The van der Waals surface area contributed by atoms with Crippen LogP contribution in [0.2, 0.25) is 0 Å². The first kappa shape index (κ1) is 16.6. The number of hydrogen-bond donors (Lipinski definition) is 1. The molecule has 128 valence electrons. The molecule has 6 heteroatoms. The van der Waals surface area contributed by atoms with Gasteiger partial charge in [0.15, 0.2) is 5.58 Å². The van der Waals surface area contributed by atoms with Gasteiger partial charge in [0.1, 0.15) is 11.3 Å². The molecule has 0 bridgehead atoms. The minimum atomic E-state index is -0.282. The standard InChI is InChI=1S/C19H19N3O3/c1-22(2)10-9-20-18(23)15-11-14(24-3)12-16-17(15)21-19(25-16)13-7-5-4-6-8-13/h4-12H,1-3H3,(H,20,23). The minimum Gasteiger partial charge on any atom is -0.497 e. The molecule has 0 saturated carbocycles. The highest BCUT2D eigenvalue weighted by Gasteiger charge is 2.18. The molecule has 1 N–H and O–H groups in total. The number of aromatic nitrogens is 1. The molecule has 0 aliphatic carbocycles. The average molecular weight is 337 g/mol. The van der Waals surface area contributed by atoms with Crippen LogP contribution in [0.1, 0.15) is 10.4 Å². The summed E-state index contributed by atoms with van der Waals surface area (Å²) in [7, 11) is 5.29. The lowest BCUT2D eigenvalue weighted by atomic mass is 10.1. The van der Waals surface area contributed by atoms with Crippen molar-refractivity contribution in [3.05, 3.63) is 60.4 Å². The van der Waals surface area contributed by atoms with E-state index in [0.29, 0.717) is 28.3 Å². The Bertz CT molecular complexity index is 914. The lowest BCUT2D eigenvalue weighted by Gasteiger charge is -2.06. The Morgan fingerprint density at radius 2 is 2.00 bits per heavy atom. The number of fused-ring (bicyclic) bond motifs is 1. The van der Waals surface area contributed by atoms with Crippen molar-refractivity contribution < 1.29 is 13.9 Å². The number of methoxy groups -OCH3 is 1. The van der Waals surface area contributed by atoms with Crippen LogP contribution in [0.15, 0.2) is 59.3 Å². The molecule has 6 nitrogen and oxygen atoms in total. The second kappa shape index (κ2) is 7.09. The smallest absolute Gasteiger partial charge is 0.257 e. The second-order valence-corrected chi connectivity index (χ2v) is 5.66. The van der Waals surface area contributed by atoms with Crippen LogP contribution in [0.5, 0.6) is 5.75 Å². The predicted octanol–water partition coefficient (Wildman–Crippen LogP) is 3.27. The summed E-state index contributed by atoms with van der Waals surface area (Å²) < 4.78 is 11.1. The maximum atomic E-state index is 12.5. The monoisotopic (exact) mass is 337 g/mol. The fourth-order valence-electron chi connectivity index (χ4n) is 2.34. The Kier molecular flexibility index (Phi) is 4.70. The van der Waals surface area contributed by atoms with Gasteiger partial charge in [-0.1, -0.05) is 18.2 Å². The van der Waals surface area contributed by atoms with Crippen molar-refractivity contribution in [3.8, 4) is 17.2 Å². The van der Waals surface area contributed by atoms with Gasteiger partial charge in [0.25, 0.3) is 5.91 Å². The molecule has 3 aromatic rings. The summed E-state index contributed by atoms with van der Waals surface area (Å²) in [6.45, 7) is 0. The summed E-state index contributed by atoms with van der Waals surface area (Å²) in [5.74, 6) is 0.710. The molecule has 1 heterocycles. The molecule has 0 atom stereocenters. The summed E-state index contributed by atoms with van der Waals surface area (Å²) in [5.41, 5.74) is 2.23. The normalized spacial score (nSPS) is 11.0. The Balaban J connectivity index is 2.04. The van der Waals surface area contributed by atoms with E-state index in [0.717, 1.165) is 5.56 Å². The van der Waals surface area contributed by atoms with Crippen LogP contribution in [0.4, 0.5) is 0 Å². The third-order valence-corrected chi connectivity index (χ3v) is 3.56. The van der Waals surface area contributed by atoms with Crippen LogP contribution in [0.3, 0.4) is 0 Å². The number of rotatable bonds is 5. The van der Waals surface area contributed by atoms with Gasteiger partial charge in [0.05, 0.1) is 12.7 Å². The van der Waals surface area contributed by atoms with Crippen LogP contribution in [0, 0.1) is 0 Å². The van der Waals surface area contributed by atoms with E-state index in [2.05, 4.69) is 10.3 Å². The van der Waals surface area contributed by atoms with Crippen molar-refractivity contribution in [3.63, 3.8) is 0 Å². The zero-order valence-corrected chi connectivity index (χ0v) is 14.3. The molecule has 1 aromatic heterocycles. The van der Waals surface area contributed by atoms with E-state index < -0.39 is 0 Å². The molecule has 0 radical (unpaired) electrons. The van der Waals surface area contributed by atoms with Gasteiger partial charge >= 0.3 is 0 Å². The number of benzene rings is 2. The highest BCUT2D eigenvalue weighted by Crippen LogP contribution is 2.30. The van der Waals surface area contributed by atoms with Gasteiger partial charge in [0, 0.05) is 38.1 Å². The van der Waals surface area contributed by atoms with Crippen LogP contribution >= 0.6 is 0 Å². The van der Waals surface area contributed by atoms with E-state index in [4.69, 9.17) is 9.15 Å². The summed E-state index contributed by atoms with van der Waals surface area (Å²) in [6, 6.07) is 12.9. The van der Waals surface area contributed by atoms with Gasteiger partial charge in [-0.3, -0.25) is 4.79 Å². The van der Waals surface area contributed by atoms with Gasteiger partial charge in [-0.05, 0) is 18.2 Å². The van der Waals surface area contributed by atoms with Crippen molar-refractivity contribution in [2.45, 2.75) is 0 Å². The lowest BCUT2D eigenvalue weighted by molar-refractivity contribution is 0.0971. The molecule has 0 spiro atoms. The van der Waals surface area contributed by atoms with Crippen molar-refractivity contribution in [2.75, 3.05) is 21.2 Å². The van der Waals surface area contributed by atoms with Gasteiger partial charge in [-0.2, -0.15) is 0 Å². The molecule has 2 aromatic carbocycles. The topological polar surface area (TPSA) is 67.6 Å². The number of nitrogens with zero attached hydrogens (tertiary/aromatic N) is 2. The molecule has 0 aliphatic heterocycles. The molecule has 0 unspecified atom stereocenters. The molecule has 25 heavy (non-hydrogen) atoms. The zero-order chi connectivity index (χ0) is 17.8. The maximum absolute atomic E-state index is 12.5. The van der Waals surface area contributed by atoms with E-state index in [1.807, 2.05) is 49.3 Å². The minimum absolute atomic E-state index is 0.282.